The summed E-state index contributed by atoms with van der Waals surface area (Å²) >= 11 is 0. The van der Waals surface area contributed by atoms with Crippen LogP contribution >= 0.6 is 0 Å². The molecule has 0 amide bonds. The van der Waals surface area contributed by atoms with Gasteiger partial charge in [0.25, 0.3) is 0 Å². The fourth-order valence-corrected chi connectivity index (χ4v) is 2.15. The lowest BCUT2D eigenvalue weighted by atomic mass is 10.1. The van der Waals surface area contributed by atoms with E-state index in [0.29, 0.717) is 13.2 Å². The Kier molecular flexibility index (Phi) is 5.56. The standard InChI is InChI=1S/C17H22N2O/c1-14-9-10-17(16(19-14)11-12-18)20-13-5-8-15-6-3-2-4-7-15/h2-4,6-7,9-10H,5,8,11-13,18H2,1H3. The first kappa shape index (κ1) is 14.5. The molecule has 0 aliphatic heterocycles. The van der Waals surface area contributed by atoms with Crippen molar-refractivity contribution in [2.24, 2.45) is 5.73 Å². The molecule has 1 heterocycles. The van der Waals surface area contributed by atoms with Crippen molar-refractivity contribution in [3.8, 4) is 5.75 Å². The molecule has 0 fully saturated rings. The van der Waals surface area contributed by atoms with Gasteiger partial charge in [-0.25, -0.2) is 0 Å². The molecule has 0 radical (unpaired) electrons. The molecule has 0 aliphatic carbocycles. The van der Waals surface area contributed by atoms with E-state index in [9.17, 15) is 0 Å². The van der Waals surface area contributed by atoms with Gasteiger partial charge in [0.15, 0.2) is 0 Å². The van der Waals surface area contributed by atoms with E-state index in [2.05, 4.69) is 29.2 Å². The first-order valence-corrected chi connectivity index (χ1v) is 7.13. The maximum absolute atomic E-state index is 5.85. The molecule has 1 aromatic heterocycles. The van der Waals surface area contributed by atoms with Crippen LogP contribution in [0.4, 0.5) is 0 Å². The van der Waals surface area contributed by atoms with Crippen molar-refractivity contribution in [3.05, 3.63) is 59.4 Å². The van der Waals surface area contributed by atoms with E-state index in [4.69, 9.17) is 10.5 Å². The number of hydrogen-bond donors (Lipinski definition) is 1. The van der Waals surface area contributed by atoms with E-state index in [1.54, 1.807) is 0 Å². The van der Waals surface area contributed by atoms with Gasteiger partial charge < -0.3 is 10.5 Å². The molecular weight excluding hydrogens is 248 g/mol. The van der Waals surface area contributed by atoms with Gasteiger partial charge in [-0.2, -0.15) is 0 Å². The van der Waals surface area contributed by atoms with Crippen molar-refractivity contribution in [2.45, 2.75) is 26.2 Å². The molecule has 2 N–H and O–H groups in total. The Morgan fingerprint density at radius 3 is 2.60 bits per heavy atom. The number of nitrogens with zero attached hydrogens (tertiary/aromatic N) is 1. The van der Waals surface area contributed by atoms with Gasteiger partial charge in [-0.1, -0.05) is 30.3 Å². The number of ether oxygens (including phenoxy) is 1. The van der Waals surface area contributed by atoms with Crippen LogP contribution in [0.25, 0.3) is 0 Å². The third-order valence-electron chi connectivity index (χ3n) is 3.16. The van der Waals surface area contributed by atoms with Crippen molar-refractivity contribution in [3.63, 3.8) is 0 Å². The minimum Gasteiger partial charge on any atom is -0.492 e. The predicted molar refractivity (Wildman–Crippen MR) is 82.0 cm³/mol. The molecule has 0 saturated carbocycles. The Hall–Kier alpha value is -1.87. The highest BCUT2D eigenvalue weighted by atomic mass is 16.5. The Morgan fingerprint density at radius 2 is 1.85 bits per heavy atom. The summed E-state index contributed by atoms with van der Waals surface area (Å²) in [5.74, 6) is 0.870. The van der Waals surface area contributed by atoms with Crippen LogP contribution in [0.3, 0.4) is 0 Å². The van der Waals surface area contributed by atoms with Crippen molar-refractivity contribution in [1.29, 1.82) is 0 Å². The van der Waals surface area contributed by atoms with E-state index in [1.165, 1.54) is 5.56 Å². The third-order valence-corrected chi connectivity index (χ3v) is 3.16. The van der Waals surface area contributed by atoms with Gasteiger partial charge in [-0.15, -0.1) is 0 Å². The van der Waals surface area contributed by atoms with E-state index >= 15 is 0 Å². The molecule has 2 rings (SSSR count). The molecule has 1 aromatic carbocycles. The first-order chi connectivity index (χ1) is 9.79. The number of pyridine rings is 1. The van der Waals surface area contributed by atoms with Gasteiger partial charge in [0.05, 0.1) is 12.3 Å². The van der Waals surface area contributed by atoms with Crippen molar-refractivity contribution in [1.82, 2.24) is 4.98 Å². The number of hydrogen-bond acceptors (Lipinski definition) is 3. The fourth-order valence-electron chi connectivity index (χ4n) is 2.15. The van der Waals surface area contributed by atoms with E-state index in [-0.39, 0.29) is 0 Å². The van der Waals surface area contributed by atoms with Crippen molar-refractivity contribution >= 4 is 0 Å². The SMILES string of the molecule is Cc1ccc(OCCCc2ccccc2)c(CCN)n1. The van der Waals surface area contributed by atoms with Crippen molar-refractivity contribution in [2.75, 3.05) is 13.2 Å². The summed E-state index contributed by atoms with van der Waals surface area (Å²) in [5.41, 5.74) is 8.93. The summed E-state index contributed by atoms with van der Waals surface area (Å²) in [6.07, 6.45) is 2.79. The summed E-state index contributed by atoms with van der Waals surface area (Å²) in [7, 11) is 0. The first-order valence-electron chi connectivity index (χ1n) is 7.13. The molecule has 3 nitrogen and oxygen atoms in total. The van der Waals surface area contributed by atoms with E-state index in [0.717, 1.165) is 36.4 Å². The topological polar surface area (TPSA) is 48.1 Å². The summed E-state index contributed by atoms with van der Waals surface area (Å²) in [6.45, 7) is 3.28. The van der Waals surface area contributed by atoms with Gasteiger partial charge in [0.2, 0.25) is 0 Å². The molecule has 3 heteroatoms. The maximum Gasteiger partial charge on any atom is 0.140 e. The van der Waals surface area contributed by atoms with Gasteiger partial charge in [0.1, 0.15) is 5.75 Å². The zero-order chi connectivity index (χ0) is 14.2. The molecule has 0 bridgehead atoms. The second-order valence-electron chi connectivity index (χ2n) is 4.87. The zero-order valence-corrected chi connectivity index (χ0v) is 12.0. The van der Waals surface area contributed by atoms with Gasteiger partial charge in [0, 0.05) is 12.1 Å². The largest absolute Gasteiger partial charge is 0.492 e. The Balaban J connectivity index is 1.84. The molecule has 2 aromatic rings. The summed E-state index contributed by atoms with van der Waals surface area (Å²) in [5, 5.41) is 0. The Morgan fingerprint density at radius 1 is 1.05 bits per heavy atom. The summed E-state index contributed by atoms with van der Waals surface area (Å²) in [4.78, 5) is 4.49. The second-order valence-corrected chi connectivity index (χ2v) is 4.87. The van der Waals surface area contributed by atoms with Crippen LogP contribution in [0.1, 0.15) is 23.4 Å². The van der Waals surface area contributed by atoms with Crippen LogP contribution in [0.2, 0.25) is 0 Å². The monoisotopic (exact) mass is 270 g/mol. The Bertz CT molecular complexity index is 526. The van der Waals surface area contributed by atoms with Crippen LogP contribution in [0.5, 0.6) is 5.75 Å². The van der Waals surface area contributed by atoms with Crippen LogP contribution in [-0.4, -0.2) is 18.1 Å². The summed E-state index contributed by atoms with van der Waals surface area (Å²) < 4.78 is 5.85. The van der Waals surface area contributed by atoms with E-state index in [1.807, 2.05) is 25.1 Å². The molecule has 20 heavy (non-hydrogen) atoms. The lowest BCUT2D eigenvalue weighted by Gasteiger charge is -2.11. The van der Waals surface area contributed by atoms with Crippen LogP contribution in [0.15, 0.2) is 42.5 Å². The number of rotatable bonds is 7. The van der Waals surface area contributed by atoms with Crippen molar-refractivity contribution < 1.29 is 4.74 Å². The number of aryl methyl sites for hydroxylation is 2. The number of aromatic nitrogens is 1. The smallest absolute Gasteiger partial charge is 0.140 e. The lowest BCUT2D eigenvalue weighted by molar-refractivity contribution is 0.306. The molecular formula is C17H22N2O. The summed E-state index contributed by atoms with van der Waals surface area (Å²) in [6, 6.07) is 14.4. The highest BCUT2D eigenvalue weighted by molar-refractivity contribution is 5.29. The molecule has 0 saturated heterocycles. The fraction of sp³-hybridized carbons (Fsp3) is 0.353. The zero-order valence-electron chi connectivity index (χ0n) is 12.0. The molecule has 0 atom stereocenters. The van der Waals surface area contributed by atoms with Crippen LogP contribution in [-0.2, 0) is 12.8 Å². The predicted octanol–water partition coefficient (Wildman–Crippen LogP) is 2.90. The number of nitrogens with two attached hydrogens (primary N) is 1. The minimum atomic E-state index is 0.594. The van der Waals surface area contributed by atoms with E-state index < -0.39 is 0 Å². The average Bonchev–Trinajstić information content (AvgIpc) is 2.47. The second kappa shape index (κ2) is 7.65. The molecule has 106 valence electrons. The lowest BCUT2D eigenvalue weighted by Crippen LogP contribution is -2.09. The van der Waals surface area contributed by atoms with Gasteiger partial charge >= 0.3 is 0 Å². The highest BCUT2D eigenvalue weighted by Crippen LogP contribution is 2.17. The van der Waals surface area contributed by atoms with Crippen LogP contribution < -0.4 is 10.5 Å². The third kappa shape index (κ3) is 4.35. The molecule has 0 unspecified atom stereocenters. The molecule has 0 spiro atoms. The quantitative estimate of drug-likeness (QED) is 0.787. The van der Waals surface area contributed by atoms with Gasteiger partial charge in [-0.3, -0.25) is 4.98 Å². The minimum absolute atomic E-state index is 0.594. The average molecular weight is 270 g/mol. The Labute approximate surface area is 120 Å². The normalized spacial score (nSPS) is 10.5. The van der Waals surface area contributed by atoms with Gasteiger partial charge in [-0.05, 0) is 44.0 Å². The highest BCUT2D eigenvalue weighted by Gasteiger charge is 2.05. The molecule has 0 aliphatic rings. The van der Waals surface area contributed by atoms with Crippen LogP contribution in [0, 0.1) is 6.92 Å². The maximum atomic E-state index is 5.85. The number of benzene rings is 1.